The molecule has 2 unspecified atom stereocenters. The van der Waals surface area contributed by atoms with Crippen molar-refractivity contribution < 1.29 is 9.53 Å². The summed E-state index contributed by atoms with van der Waals surface area (Å²) in [4.78, 5) is 13.3. The van der Waals surface area contributed by atoms with Crippen molar-refractivity contribution in [2.24, 2.45) is 52.3 Å². The van der Waals surface area contributed by atoms with Gasteiger partial charge in [-0.15, -0.1) is 0 Å². The third kappa shape index (κ3) is 10.2. The van der Waals surface area contributed by atoms with Gasteiger partial charge >= 0.3 is 5.97 Å². The average Bonchev–Trinajstić information content (AvgIpc) is 3.40. The zero-order valence-electron chi connectivity index (χ0n) is 32.2. The van der Waals surface area contributed by atoms with Crippen LogP contribution in [0.1, 0.15) is 196 Å². The van der Waals surface area contributed by atoms with E-state index in [0.717, 1.165) is 67.1 Å². The van der Waals surface area contributed by atoms with Crippen LogP contribution in [0.25, 0.3) is 0 Å². The lowest BCUT2D eigenvalue weighted by atomic mass is 9.44. The molecule has 4 fully saturated rings. The van der Waals surface area contributed by atoms with Gasteiger partial charge in [0.25, 0.3) is 0 Å². The molecule has 0 amide bonds. The highest BCUT2D eigenvalue weighted by Crippen LogP contribution is 2.68. The number of carbonyl (C=O) groups is 1. The van der Waals surface area contributed by atoms with E-state index >= 15 is 0 Å². The fourth-order valence-corrected chi connectivity index (χ4v) is 11.8. The molecule has 0 N–H and O–H groups in total. The summed E-state index contributed by atoms with van der Waals surface area (Å²) in [5, 5.41) is 0. The second kappa shape index (κ2) is 19.4. The van der Waals surface area contributed by atoms with Crippen LogP contribution in [0, 0.1) is 52.3 Å². The fourth-order valence-electron chi connectivity index (χ4n) is 11.8. The van der Waals surface area contributed by atoms with Crippen LogP contribution in [0.15, 0.2) is 24.3 Å². The van der Waals surface area contributed by atoms with Crippen LogP contribution in [0.4, 0.5) is 0 Å². The fraction of sp³-hybridized carbons (Fsp3) is 0.889. The van der Waals surface area contributed by atoms with Gasteiger partial charge in [-0.2, -0.15) is 0 Å². The number of allylic oxidation sites excluding steroid dienone is 4. The Morgan fingerprint density at radius 3 is 2.21 bits per heavy atom. The molecule has 2 heteroatoms. The summed E-state index contributed by atoms with van der Waals surface area (Å²) in [7, 11) is 0. The number of fused-ring (bicyclic) bond motifs is 5. The van der Waals surface area contributed by atoms with E-state index in [1.807, 2.05) is 0 Å². The lowest BCUT2D eigenvalue weighted by Crippen LogP contribution is -2.58. The molecule has 0 aromatic carbocycles. The largest absolute Gasteiger partial charge is 0.462 e. The van der Waals surface area contributed by atoms with Crippen molar-refractivity contribution in [2.75, 3.05) is 0 Å². The number of hydrogen-bond acceptors (Lipinski definition) is 2. The summed E-state index contributed by atoms with van der Waals surface area (Å²) in [5.74, 6) is 5.96. The summed E-state index contributed by atoms with van der Waals surface area (Å²) in [5.41, 5.74) is 0.723. The molecule has 0 aromatic heterocycles. The molecule has 4 rings (SSSR count). The van der Waals surface area contributed by atoms with E-state index in [4.69, 9.17) is 4.74 Å². The number of carbonyl (C=O) groups excluding carboxylic acids is 1. The third-order valence-electron chi connectivity index (χ3n) is 14.5. The first-order chi connectivity index (χ1) is 22.7. The van der Waals surface area contributed by atoms with Gasteiger partial charge in [-0.25, -0.2) is 0 Å². The first-order valence-corrected chi connectivity index (χ1v) is 21.2. The standard InChI is InChI=1S/C45H78O2/c1-7-8-9-10-11-12-13-14-15-16-17-18-19-20-21-28-43(46)47-42-27-23-26-37-29-30-38-40-32-31-39(36(4)25-22-24-35(2)3)44(40,5)34-33-41(38)45(37,42)6/h11-12,14-15,35-42H,7-10,13,16-34H2,1-6H3/b12-11-,15-14-/t36-,37?,38+,39-,40+,41+,42?,44-,45+/m1/s1. The Kier molecular flexibility index (Phi) is 16.0. The minimum atomic E-state index is 0.0986. The molecule has 9 atom stereocenters. The second-order valence-electron chi connectivity index (χ2n) is 17.9. The topological polar surface area (TPSA) is 26.3 Å². The van der Waals surface area contributed by atoms with Crippen LogP contribution in [0.2, 0.25) is 0 Å². The molecule has 0 aromatic rings. The van der Waals surface area contributed by atoms with Crippen molar-refractivity contribution >= 4 is 5.97 Å². The average molecular weight is 651 g/mol. The van der Waals surface area contributed by atoms with E-state index in [9.17, 15) is 4.79 Å². The first kappa shape index (κ1) is 38.7. The maximum Gasteiger partial charge on any atom is 0.306 e. The molecule has 47 heavy (non-hydrogen) atoms. The van der Waals surface area contributed by atoms with E-state index in [1.165, 1.54) is 122 Å². The maximum atomic E-state index is 13.3. The Labute approximate surface area is 293 Å². The predicted octanol–water partition coefficient (Wildman–Crippen LogP) is 13.8. The summed E-state index contributed by atoms with van der Waals surface area (Å²) >= 11 is 0. The van der Waals surface area contributed by atoms with E-state index in [0.29, 0.717) is 11.8 Å². The quantitative estimate of drug-likeness (QED) is 0.0744. The number of unbranched alkanes of at least 4 members (excludes halogenated alkanes) is 8. The minimum absolute atomic E-state index is 0.0986. The molecule has 4 saturated carbocycles. The Hall–Kier alpha value is -1.05. The van der Waals surface area contributed by atoms with Crippen molar-refractivity contribution in [1.29, 1.82) is 0 Å². The van der Waals surface area contributed by atoms with E-state index in [1.54, 1.807) is 0 Å². The van der Waals surface area contributed by atoms with Gasteiger partial charge in [0.05, 0.1) is 0 Å². The highest BCUT2D eigenvalue weighted by molar-refractivity contribution is 5.69. The molecule has 270 valence electrons. The lowest BCUT2D eigenvalue weighted by molar-refractivity contribution is -0.192. The highest BCUT2D eigenvalue weighted by atomic mass is 16.5. The van der Waals surface area contributed by atoms with Crippen LogP contribution < -0.4 is 0 Å². The molecule has 0 aliphatic heterocycles. The summed E-state index contributed by atoms with van der Waals surface area (Å²) < 4.78 is 6.54. The number of esters is 1. The molecule has 0 heterocycles. The van der Waals surface area contributed by atoms with Crippen LogP contribution >= 0.6 is 0 Å². The molecular formula is C45H78O2. The third-order valence-corrected chi connectivity index (χ3v) is 14.5. The lowest BCUT2D eigenvalue weighted by Gasteiger charge is -2.62. The molecule has 0 bridgehead atoms. The van der Waals surface area contributed by atoms with Gasteiger partial charge in [-0.05, 0) is 143 Å². The van der Waals surface area contributed by atoms with Gasteiger partial charge in [0.15, 0.2) is 0 Å². The van der Waals surface area contributed by atoms with Gasteiger partial charge in [-0.3, -0.25) is 4.79 Å². The van der Waals surface area contributed by atoms with Crippen molar-refractivity contribution in [3.8, 4) is 0 Å². The van der Waals surface area contributed by atoms with Crippen molar-refractivity contribution in [2.45, 2.75) is 202 Å². The second-order valence-corrected chi connectivity index (χ2v) is 17.9. The van der Waals surface area contributed by atoms with Gasteiger partial charge in [-0.1, -0.05) is 117 Å². The molecule has 4 aliphatic carbocycles. The van der Waals surface area contributed by atoms with E-state index < -0.39 is 0 Å². The van der Waals surface area contributed by atoms with Crippen molar-refractivity contribution in [3.05, 3.63) is 24.3 Å². The molecule has 0 saturated heterocycles. The highest BCUT2D eigenvalue weighted by Gasteiger charge is 2.62. The van der Waals surface area contributed by atoms with Gasteiger partial charge in [0.2, 0.25) is 0 Å². The Morgan fingerprint density at radius 2 is 1.47 bits per heavy atom. The molecule has 0 spiro atoms. The maximum absolute atomic E-state index is 13.3. The Bertz CT molecular complexity index is 963. The normalized spacial score (nSPS) is 34.4. The monoisotopic (exact) mass is 651 g/mol. The summed E-state index contributed by atoms with van der Waals surface area (Å²) in [6.45, 7) is 14.9. The summed E-state index contributed by atoms with van der Waals surface area (Å²) in [6.07, 6.45) is 39.9. The van der Waals surface area contributed by atoms with Gasteiger partial charge in [0, 0.05) is 11.8 Å². The molecular weight excluding hydrogens is 572 g/mol. The van der Waals surface area contributed by atoms with Crippen LogP contribution in [-0.2, 0) is 9.53 Å². The van der Waals surface area contributed by atoms with E-state index in [2.05, 4.69) is 65.8 Å². The zero-order valence-corrected chi connectivity index (χ0v) is 32.2. The minimum Gasteiger partial charge on any atom is -0.462 e. The van der Waals surface area contributed by atoms with Gasteiger partial charge < -0.3 is 4.74 Å². The Morgan fingerprint density at radius 1 is 0.745 bits per heavy atom. The number of ether oxygens (including phenoxy) is 1. The van der Waals surface area contributed by atoms with Gasteiger partial charge in [0.1, 0.15) is 6.10 Å². The van der Waals surface area contributed by atoms with Crippen LogP contribution in [-0.4, -0.2) is 12.1 Å². The number of rotatable bonds is 20. The molecule has 0 radical (unpaired) electrons. The smallest absolute Gasteiger partial charge is 0.306 e. The van der Waals surface area contributed by atoms with Crippen molar-refractivity contribution in [3.63, 3.8) is 0 Å². The molecule has 2 nitrogen and oxygen atoms in total. The first-order valence-electron chi connectivity index (χ1n) is 21.2. The Balaban J connectivity index is 1.19. The van der Waals surface area contributed by atoms with Crippen LogP contribution in [0.5, 0.6) is 0 Å². The summed E-state index contributed by atoms with van der Waals surface area (Å²) in [6, 6.07) is 0. The zero-order chi connectivity index (χ0) is 33.7. The van der Waals surface area contributed by atoms with E-state index in [-0.39, 0.29) is 17.5 Å². The van der Waals surface area contributed by atoms with Crippen molar-refractivity contribution in [1.82, 2.24) is 0 Å². The number of hydrogen-bond donors (Lipinski definition) is 0. The SMILES string of the molecule is CCCCC/C=C\C/C=C\CCCCCCCC(=O)OC1CCCC2CC[C@@H]3[C@H](CC[C@]4(C)[C@@H]([C@H](C)CCCC(C)C)CC[C@@H]34)[C@]21C. The van der Waals surface area contributed by atoms with Crippen LogP contribution in [0.3, 0.4) is 0 Å². The predicted molar refractivity (Wildman–Crippen MR) is 202 cm³/mol. The molecule has 4 aliphatic rings.